The molecule has 2 rings (SSSR count). The van der Waals surface area contributed by atoms with Gasteiger partial charge in [-0.05, 0) is 50.0 Å². The monoisotopic (exact) mass is 270 g/mol. The third-order valence-corrected chi connectivity index (χ3v) is 3.30. The Balaban J connectivity index is 0.00000162. The standard InChI is InChI=1S/C14H22N2O.ClH/c1-17-14-6-4-12(5-7-14)8-10-16-13-3-2-9-15-11-13;/h4-7,13,15-16H,2-3,8-11H2,1H3;1H. The molecule has 102 valence electrons. The largest absolute Gasteiger partial charge is 0.497 e. The Labute approximate surface area is 116 Å². The van der Waals surface area contributed by atoms with Crippen molar-refractivity contribution in [1.29, 1.82) is 0 Å². The Hall–Kier alpha value is -0.770. The summed E-state index contributed by atoms with van der Waals surface area (Å²) in [5, 5.41) is 7.02. The number of methoxy groups -OCH3 is 1. The molecule has 0 aliphatic carbocycles. The zero-order chi connectivity index (χ0) is 11.9. The van der Waals surface area contributed by atoms with Crippen LogP contribution in [0.5, 0.6) is 5.75 Å². The molecule has 1 aromatic carbocycles. The molecule has 1 saturated heterocycles. The zero-order valence-electron chi connectivity index (χ0n) is 10.9. The van der Waals surface area contributed by atoms with Crippen molar-refractivity contribution < 1.29 is 4.74 Å². The van der Waals surface area contributed by atoms with E-state index in [4.69, 9.17) is 4.74 Å². The topological polar surface area (TPSA) is 33.3 Å². The number of hydrogen-bond donors (Lipinski definition) is 2. The van der Waals surface area contributed by atoms with Crippen LogP contribution in [0.3, 0.4) is 0 Å². The van der Waals surface area contributed by atoms with E-state index in [0.717, 1.165) is 25.3 Å². The molecular formula is C14H23ClN2O. The Morgan fingerprint density at radius 2 is 2.11 bits per heavy atom. The first-order valence-electron chi connectivity index (χ1n) is 6.45. The number of piperidine rings is 1. The zero-order valence-corrected chi connectivity index (χ0v) is 11.8. The highest BCUT2D eigenvalue weighted by Crippen LogP contribution is 2.11. The number of rotatable bonds is 5. The first kappa shape index (κ1) is 15.3. The molecule has 1 aromatic rings. The predicted octanol–water partition coefficient (Wildman–Crippen LogP) is 2.00. The van der Waals surface area contributed by atoms with Gasteiger partial charge >= 0.3 is 0 Å². The fraction of sp³-hybridized carbons (Fsp3) is 0.571. The molecule has 1 fully saturated rings. The van der Waals surface area contributed by atoms with E-state index in [2.05, 4.69) is 22.8 Å². The maximum Gasteiger partial charge on any atom is 0.118 e. The molecule has 1 aliphatic rings. The smallest absolute Gasteiger partial charge is 0.118 e. The van der Waals surface area contributed by atoms with Gasteiger partial charge in [0.25, 0.3) is 0 Å². The van der Waals surface area contributed by atoms with Crippen LogP contribution in [-0.2, 0) is 6.42 Å². The van der Waals surface area contributed by atoms with E-state index in [9.17, 15) is 0 Å². The molecule has 0 saturated carbocycles. The van der Waals surface area contributed by atoms with Crippen molar-refractivity contribution in [2.45, 2.75) is 25.3 Å². The maximum absolute atomic E-state index is 5.14. The van der Waals surface area contributed by atoms with Crippen LogP contribution in [0.25, 0.3) is 0 Å². The van der Waals surface area contributed by atoms with Crippen molar-refractivity contribution in [1.82, 2.24) is 10.6 Å². The van der Waals surface area contributed by atoms with Crippen LogP contribution in [0.15, 0.2) is 24.3 Å². The molecule has 0 radical (unpaired) electrons. The summed E-state index contributed by atoms with van der Waals surface area (Å²) < 4.78 is 5.14. The minimum absolute atomic E-state index is 0. The quantitative estimate of drug-likeness (QED) is 0.859. The van der Waals surface area contributed by atoms with E-state index in [1.54, 1.807) is 7.11 Å². The molecule has 2 N–H and O–H groups in total. The van der Waals surface area contributed by atoms with Gasteiger partial charge in [-0.3, -0.25) is 0 Å². The molecule has 1 aliphatic heterocycles. The fourth-order valence-corrected chi connectivity index (χ4v) is 2.24. The van der Waals surface area contributed by atoms with Gasteiger partial charge in [-0.1, -0.05) is 12.1 Å². The molecule has 1 atom stereocenters. The summed E-state index contributed by atoms with van der Waals surface area (Å²) in [6.07, 6.45) is 3.68. The molecule has 0 bridgehead atoms. The molecule has 1 heterocycles. The Bertz CT molecular complexity index is 323. The van der Waals surface area contributed by atoms with Gasteiger partial charge in [0.15, 0.2) is 0 Å². The summed E-state index contributed by atoms with van der Waals surface area (Å²) in [7, 11) is 1.70. The maximum atomic E-state index is 5.14. The second-order valence-corrected chi connectivity index (χ2v) is 4.60. The molecule has 0 amide bonds. The van der Waals surface area contributed by atoms with Gasteiger partial charge in [-0.25, -0.2) is 0 Å². The van der Waals surface area contributed by atoms with Crippen molar-refractivity contribution in [3.8, 4) is 5.75 Å². The van der Waals surface area contributed by atoms with Gasteiger partial charge in [-0.2, -0.15) is 0 Å². The molecule has 0 aromatic heterocycles. The molecule has 18 heavy (non-hydrogen) atoms. The first-order chi connectivity index (χ1) is 8.38. The van der Waals surface area contributed by atoms with E-state index in [-0.39, 0.29) is 12.4 Å². The van der Waals surface area contributed by atoms with Crippen LogP contribution in [0.1, 0.15) is 18.4 Å². The molecule has 3 nitrogen and oxygen atoms in total. The summed E-state index contributed by atoms with van der Waals surface area (Å²) in [6, 6.07) is 8.98. The third kappa shape index (κ3) is 4.84. The highest BCUT2D eigenvalue weighted by atomic mass is 35.5. The molecule has 0 spiro atoms. The number of nitrogens with one attached hydrogen (secondary N) is 2. The Morgan fingerprint density at radius 1 is 1.33 bits per heavy atom. The summed E-state index contributed by atoms with van der Waals surface area (Å²) in [6.45, 7) is 3.35. The minimum Gasteiger partial charge on any atom is -0.497 e. The van der Waals surface area contributed by atoms with Gasteiger partial charge in [0.1, 0.15) is 5.75 Å². The highest BCUT2D eigenvalue weighted by molar-refractivity contribution is 5.85. The normalized spacial score (nSPS) is 19.1. The van der Waals surface area contributed by atoms with Crippen LogP contribution in [0, 0.1) is 0 Å². The van der Waals surface area contributed by atoms with Crippen molar-refractivity contribution in [2.75, 3.05) is 26.7 Å². The summed E-state index contributed by atoms with van der Waals surface area (Å²) in [5.41, 5.74) is 1.36. The Morgan fingerprint density at radius 3 is 2.72 bits per heavy atom. The molecule has 4 heteroatoms. The Kier molecular flexibility index (Phi) is 7.09. The van der Waals surface area contributed by atoms with Gasteiger partial charge in [0, 0.05) is 12.6 Å². The summed E-state index contributed by atoms with van der Waals surface area (Å²) in [5.74, 6) is 0.929. The molecule has 1 unspecified atom stereocenters. The van der Waals surface area contributed by atoms with Crippen LogP contribution in [-0.4, -0.2) is 32.8 Å². The lowest BCUT2D eigenvalue weighted by atomic mass is 10.1. The third-order valence-electron chi connectivity index (χ3n) is 3.30. The fourth-order valence-electron chi connectivity index (χ4n) is 2.24. The van der Waals surface area contributed by atoms with E-state index >= 15 is 0 Å². The first-order valence-corrected chi connectivity index (χ1v) is 6.45. The second-order valence-electron chi connectivity index (χ2n) is 4.60. The lowest BCUT2D eigenvalue weighted by Crippen LogP contribution is -2.43. The second kappa shape index (κ2) is 8.35. The van der Waals surface area contributed by atoms with Crippen molar-refractivity contribution >= 4 is 12.4 Å². The number of ether oxygens (including phenoxy) is 1. The van der Waals surface area contributed by atoms with E-state index in [0.29, 0.717) is 6.04 Å². The number of benzene rings is 1. The van der Waals surface area contributed by atoms with Crippen LogP contribution in [0.4, 0.5) is 0 Å². The molecular weight excluding hydrogens is 248 g/mol. The average Bonchev–Trinajstić information content (AvgIpc) is 2.41. The number of halogens is 1. The average molecular weight is 271 g/mol. The van der Waals surface area contributed by atoms with Gasteiger partial charge < -0.3 is 15.4 Å². The highest BCUT2D eigenvalue weighted by Gasteiger charge is 2.11. The van der Waals surface area contributed by atoms with Crippen molar-refractivity contribution in [2.24, 2.45) is 0 Å². The van der Waals surface area contributed by atoms with Crippen molar-refractivity contribution in [3.05, 3.63) is 29.8 Å². The summed E-state index contributed by atoms with van der Waals surface area (Å²) >= 11 is 0. The van der Waals surface area contributed by atoms with Gasteiger partial charge in [-0.15, -0.1) is 12.4 Å². The lowest BCUT2D eigenvalue weighted by Gasteiger charge is -2.23. The van der Waals surface area contributed by atoms with E-state index in [1.807, 2.05) is 12.1 Å². The van der Waals surface area contributed by atoms with Crippen LogP contribution < -0.4 is 15.4 Å². The minimum atomic E-state index is 0. The van der Waals surface area contributed by atoms with Crippen molar-refractivity contribution in [3.63, 3.8) is 0 Å². The van der Waals surface area contributed by atoms with E-state index in [1.165, 1.54) is 24.9 Å². The van der Waals surface area contributed by atoms with Crippen LogP contribution >= 0.6 is 12.4 Å². The van der Waals surface area contributed by atoms with Crippen LogP contribution in [0.2, 0.25) is 0 Å². The van der Waals surface area contributed by atoms with Gasteiger partial charge in [0.05, 0.1) is 7.11 Å². The van der Waals surface area contributed by atoms with Gasteiger partial charge in [0.2, 0.25) is 0 Å². The van der Waals surface area contributed by atoms with E-state index < -0.39 is 0 Å². The number of hydrogen-bond acceptors (Lipinski definition) is 3. The SMILES string of the molecule is COc1ccc(CCNC2CCCNC2)cc1.Cl. The lowest BCUT2D eigenvalue weighted by molar-refractivity contribution is 0.392. The predicted molar refractivity (Wildman–Crippen MR) is 77.8 cm³/mol. The summed E-state index contributed by atoms with van der Waals surface area (Å²) in [4.78, 5) is 0.